The van der Waals surface area contributed by atoms with Gasteiger partial charge in [0.2, 0.25) is 0 Å². The maximum atomic E-state index is 12.1. The van der Waals surface area contributed by atoms with Crippen LogP contribution in [-0.4, -0.2) is 21.9 Å². The molecule has 1 aromatic heterocycles. The third kappa shape index (κ3) is 4.07. The van der Waals surface area contributed by atoms with E-state index < -0.39 is 16.7 Å². The van der Waals surface area contributed by atoms with E-state index in [1.54, 1.807) is 24.3 Å². The Morgan fingerprint density at radius 1 is 1.00 bits per heavy atom. The van der Waals surface area contributed by atoms with Crippen LogP contribution in [0.25, 0.3) is 11.0 Å². The van der Waals surface area contributed by atoms with Gasteiger partial charge in [-0.05, 0) is 30.4 Å². The van der Waals surface area contributed by atoms with Gasteiger partial charge in [0.1, 0.15) is 11.1 Å². The number of carbonyl (C=O) groups is 2. The Morgan fingerprint density at radius 3 is 2.44 bits per heavy atom. The highest BCUT2D eigenvalue weighted by atomic mass is 32.1. The second kappa shape index (κ2) is 7.62. The molecular weight excluding hydrogens is 372 g/mol. The number of furan rings is 1. The minimum atomic E-state index is -0.775. The smallest absolute Gasteiger partial charge is 0.293 e. The predicted molar refractivity (Wildman–Crippen MR) is 100.0 cm³/mol. The molecule has 0 bridgehead atoms. The van der Waals surface area contributed by atoms with Crippen LogP contribution >= 0.6 is 12.2 Å². The van der Waals surface area contributed by atoms with E-state index in [-0.39, 0.29) is 22.1 Å². The van der Waals surface area contributed by atoms with Gasteiger partial charge in [0.05, 0.1) is 4.92 Å². The van der Waals surface area contributed by atoms with Crippen LogP contribution in [-0.2, 0) is 0 Å². The van der Waals surface area contributed by atoms with E-state index in [4.69, 9.17) is 16.6 Å². The van der Waals surface area contributed by atoms with Crippen molar-refractivity contribution < 1.29 is 18.9 Å². The fourth-order valence-corrected chi connectivity index (χ4v) is 2.44. The van der Waals surface area contributed by atoms with Crippen LogP contribution in [0.3, 0.4) is 0 Å². The van der Waals surface area contributed by atoms with Gasteiger partial charge in [0.15, 0.2) is 10.9 Å². The molecule has 0 fully saturated rings. The van der Waals surface area contributed by atoms with Crippen molar-refractivity contribution in [3.63, 3.8) is 0 Å². The Hall–Kier alpha value is -3.79. The monoisotopic (exact) mass is 384 g/mol. The summed E-state index contributed by atoms with van der Waals surface area (Å²) in [5, 5.41) is 13.8. The summed E-state index contributed by atoms with van der Waals surface area (Å²) in [5.74, 6) is -1.34. The molecule has 0 spiro atoms. The van der Waals surface area contributed by atoms with Gasteiger partial charge in [-0.15, -0.1) is 0 Å². The molecule has 0 saturated carbocycles. The normalized spacial score (nSPS) is 10.2. The molecule has 3 rings (SSSR count). The molecule has 0 aliphatic heterocycles. The number of fused-ring (bicyclic) bond motifs is 1. The second-order valence-corrected chi connectivity index (χ2v) is 5.69. The Kier molecular flexibility index (Phi) is 5.08. The molecule has 136 valence electrons. The SMILES string of the molecule is O=C(NC(=S)NNC(=O)c1ccccc1[N+](=O)[O-])c1cc2ccccc2o1. The Balaban J connectivity index is 1.60. The summed E-state index contributed by atoms with van der Waals surface area (Å²) in [4.78, 5) is 34.5. The number of para-hydroxylation sites is 2. The highest BCUT2D eigenvalue weighted by molar-refractivity contribution is 7.80. The zero-order chi connectivity index (χ0) is 19.4. The van der Waals surface area contributed by atoms with Gasteiger partial charge >= 0.3 is 0 Å². The van der Waals surface area contributed by atoms with E-state index in [1.165, 1.54) is 24.3 Å². The number of carbonyl (C=O) groups excluding carboxylic acids is 2. The van der Waals surface area contributed by atoms with E-state index in [0.29, 0.717) is 5.58 Å². The summed E-state index contributed by atoms with van der Waals surface area (Å²) in [6, 6.07) is 14.1. The average molecular weight is 384 g/mol. The number of benzene rings is 2. The highest BCUT2D eigenvalue weighted by Gasteiger charge is 2.19. The lowest BCUT2D eigenvalue weighted by Crippen LogP contribution is -2.48. The third-order valence-corrected chi connectivity index (χ3v) is 3.72. The summed E-state index contributed by atoms with van der Waals surface area (Å²) >= 11 is 4.93. The number of nitro groups is 1. The molecule has 0 aliphatic carbocycles. The number of rotatable bonds is 3. The predicted octanol–water partition coefficient (Wildman–Crippen LogP) is 2.29. The van der Waals surface area contributed by atoms with Crippen LogP contribution in [0.1, 0.15) is 20.9 Å². The van der Waals surface area contributed by atoms with Gasteiger partial charge in [-0.25, -0.2) is 0 Å². The Bertz CT molecular complexity index is 1030. The van der Waals surface area contributed by atoms with Crippen LogP contribution in [0.5, 0.6) is 0 Å². The first-order chi connectivity index (χ1) is 13.0. The van der Waals surface area contributed by atoms with Crippen molar-refractivity contribution in [3.8, 4) is 0 Å². The first-order valence-electron chi connectivity index (χ1n) is 7.59. The zero-order valence-electron chi connectivity index (χ0n) is 13.6. The number of nitrogens with zero attached hydrogens (tertiary/aromatic N) is 1. The fourth-order valence-electron chi connectivity index (χ4n) is 2.30. The lowest BCUT2D eigenvalue weighted by atomic mass is 10.2. The molecule has 1 heterocycles. The quantitative estimate of drug-likeness (QED) is 0.359. The van der Waals surface area contributed by atoms with Crippen LogP contribution in [0.2, 0.25) is 0 Å². The van der Waals surface area contributed by atoms with E-state index in [0.717, 1.165) is 5.39 Å². The highest BCUT2D eigenvalue weighted by Crippen LogP contribution is 2.19. The van der Waals surface area contributed by atoms with Crippen molar-refractivity contribution in [1.82, 2.24) is 16.2 Å². The zero-order valence-corrected chi connectivity index (χ0v) is 14.4. The van der Waals surface area contributed by atoms with Crippen LogP contribution < -0.4 is 16.2 Å². The lowest BCUT2D eigenvalue weighted by molar-refractivity contribution is -0.385. The summed E-state index contributed by atoms with van der Waals surface area (Å²) in [7, 11) is 0. The van der Waals surface area contributed by atoms with Gasteiger partial charge in [0, 0.05) is 11.5 Å². The molecule has 0 saturated heterocycles. The summed E-state index contributed by atoms with van der Waals surface area (Å²) in [6.07, 6.45) is 0. The van der Waals surface area contributed by atoms with Crippen molar-refractivity contribution in [2.24, 2.45) is 0 Å². The number of hydrogen-bond acceptors (Lipinski definition) is 6. The molecule has 3 aromatic rings. The molecule has 0 aliphatic rings. The van der Waals surface area contributed by atoms with Crippen molar-refractivity contribution in [2.75, 3.05) is 0 Å². The minimum Gasteiger partial charge on any atom is -0.451 e. The summed E-state index contributed by atoms with van der Waals surface area (Å²) < 4.78 is 5.41. The standard InChI is InChI=1S/C17H12N4O5S/c22-15(11-6-2-3-7-12(11)21(24)25)19-20-17(27)18-16(23)14-9-10-5-1-4-8-13(10)26-14/h1-9H,(H,19,22)(H2,18,20,23,27). The number of thiocarbonyl (C=S) groups is 1. The molecule has 10 heteroatoms. The van der Waals surface area contributed by atoms with Crippen molar-refractivity contribution in [2.45, 2.75) is 0 Å². The van der Waals surface area contributed by atoms with Crippen LogP contribution in [0.4, 0.5) is 5.69 Å². The first-order valence-corrected chi connectivity index (χ1v) is 8.00. The molecule has 2 aromatic carbocycles. The Labute approximate surface area is 157 Å². The topological polar surface area (TPSA) is 127 Å². The molecule has 2 amide bonds. The number of hydrazine groups is 1. The van der Waals surface area contributed by atoms with E-state index in [2.05, 4.69) is 16.2 Å². The van der Waals surface area contributed by atoms with Gasteiger partial charge in [-0.2, -0.15) is 0 Å². The molecule has 0 atom stereocenters. The maximum absolute atomic E-state index is 12.1. The van der Waals surface area contributed by atoms with Crippen LogP contribution in [0, 0.1) is 10.1 Å². The molecule has 3 N–H and O–H groups in total. The Morgan fingerprint density at radius 2 is 1.70 bits per heavy atom. The van der Waals surface area contributed by atoms with Gasteiger partial charge in [0.25, 0.3) is 17.5 Å². The number of amides is 2. The third-order valence-electron chi connectivity index (χ3n) is 3.51. The van der Waals surface area contributed by atoms with Gasteiger partial charge in [-0.1, -0.05) is 30.3 Å². The largest absolute Gasteiger partial charge is 0.451 e. The summed E-state index contributed by atoms with van der Waals surface area (Å²) in [5.41, 5.74) is 4.56. The van der Waals surface area contributed by atoms with Crippen molar-refractivity contribution in [1.29, 1.82) is 0 Å². The number of nitro benzene ring substituents is 1. The van der Waals surface area contributed by atoms with Crippen molar-refractivity contribution >= 4 is 45.8 Å². The first kappa shape index (κ1) is 18.0. The number of nitrogens with one attached hydrogen (secondary N) is 3. The average Bonchev–Trinajstić information content (AvgIpc) is 3.10. The van der Waals surface area contributed by atoms with E-state index in [1.807, 2.05) is 6.07 Å². The van der Waals surface area contributed by atoms with Crippen LogP contribution in [0.15, 0.2) is 59.0 Å². The molecule has 27 heavy (non-hydrogen) atoms. The number of hydrogen-bond donors (Lipinski definition) is 3. The minimum absolute atomic E-state index is 0.0466. The molecule has 0 unspecified atom stereocenters. The fraction of sp³-hybridized carbons (Fsp3) is 0. The van der Waals surface area contributed by atoms with E-state index in [9.17, 15) is 19.7 Å². The summed E-state index contributed by atoms with van der Waals surface area (Å²) in [6.45, 7) is 0. The van der Waals surface area contributed by atoms with Crippen molar-refractivity contribution in [3.05, 3.63) is 76.0 Å². The lowest BCUT2D eigenvalue weighted by Gasteiger charge is -2.10. The maximum Gasteiger partial charge on any atom is 0.293 e. The van der Waals surface area contributed by atoms with Gasteiger partial charge in [-0.3, -0.25) is 35.9 Å². The van der Waals surface area contributed by atoms with Gasteiger partial charge < -0.3 is 4.42 Å². The second-order valence-electron chi connectivity index (χ2n) is 5.29. The van der Waals surface area contributed by atoms with E-state index >= 15 is 0 Å². The molecule has 0 radical (unpaired) electrons. The molecule has 9 nitrogen and oxygen atoms in total. The molecular formula is C17H12N4O5S.